The van der Waals surface area contributed by atoms with Crippen LogP contribution in [0.2, 0.25) is 0 Å². The fourth-order valence-electron chi connectivity index (χ4n) is 6.89. The Kier molecular flexibility index (Phi) is 6.44. The van der Waals surface area contributed by atoms with Crippen LogP contribution < -0.4 is 10.6 Å². The zero-order valence-corrected chi connectivity index (χ0v) is 21.2. The number of hydrogen-bond acceptors (Lipinski definition) is 5. The van der Waals surface area contributed by atoms with E-state index in [-0.39, 0.29) is 23.8 Å². The summed E-state index contributed by atoms with van der Waals surface area (Å²) >= 11 is 1.41. The lowest BCUT2D eigenvalue weighted by Gasteiger charge is -2.56. The van der Waals surface area contributed by atoms with Crippen LogP contribution in [0.3, 0.4) is 0 Å². The maximum absolute atomic E-state index is 12.9. The maximum atomic E-state index is 12.9. The van der Waals surface area contributed by atoms with Crippen molar-refractivity contribution in [1.29, 1.82) is 0 Å². The summed E-state index contributed by atoms with van der Waals surface area (Å²) in [6.45, 7) is 6.68. The molecular weight excluding hydrogens is 446 g/mol. The minimum Gasteiger partial charge on any atom is -0.350 e. The molecule has 0 atom stereocenters. The Hall–Kier alpha value is -2.35. The van der Waals surface area contributed by atoms with E-state index in [4.69, 9.17) is 0 Å². The van der Waals surface area contributed by atoms with Crippen LogP contribution >= 0.6 is 11.8 Å². The third kappa shape index (κ3) is 4.88. The number of rotatable bonds is 8. The van der Waals surface area contributed by atoms with Crippen molar-refractivity contribution in [1.82, 2.24) is 20.1 Å². The lowest BCUT2D eigenvalue weighted by atomic mass is 9.53. The summed E-state index contributed by atoms with van der Waals surface area (Å²) in [4.78, 5) is 25.5. The first-order valence-corrected chi connectivity index (χ1v) is 13.5. The van der Waals surface area contributed by atoms with E-state index in [1.165, 1.54) is 31.0 Å². The minimum absolute atomic E-state index is 0.0299. The van der Waals surface area contributed by atoms with Gasteiger partial charge in [-0.3, -0.25) is 9.59 Å². The number of carbonyl (C=O) groups excluding carboxylic acids is 2. The van der Waals surface area contributed by atoms with Gasteiger partial charge in [0.15, 0.2) is 5.16 Å². The van der Waals surface area contributed by atoms with Gasteiger partial charge in [0, 0.05) is 17.8 Å². The fourth-order valence-corrected chi connectivity index (χ4v) is 7.71. The van der Waals surface area contributed by atoms with E-state index < -0.39 is 0 Å². The van der Waals surface area contributed by atoms with Gasteiger partial charge in [0.05, 0.1) is 12.2 Å². The van der Waals surface area contributed by atoms with Gasteiger partial charge >= 0.3 is 0 Å². The Morgan fingerprint density at radius 3 is 2.35 bits per heavy atom. The van der Waals surface area contributed by atoms with Crippen molar-refractivity contribution in [2.75, 3.05) is 11.1 Å². The summed E-state index contributed by atoms with van der Waals surface area (Å²) in [5.74, 6) is 3.33. The number of carbonyl (C=O) groups is 2. The molecule has 34 heavy (non-hydrogen) atoms. The lowest BCUT2D eigenvalue weighted by Crippen LogP contribution is -2.60. The van der Waals surface area contributed by atoms with Crippen LogP contribution in [-0.4, -0.2) is 37.9 Å². The number of thioether (sulfide) groups is 1. The van der Waals surface area contributed by atoms with Crippen molar-refractivity contribution < 1.29 is 9.59 Å². The Morgan fingerprint density at radius 2 is 1.74 bits per heavy atom. The molecule has 2 N–H and O–H groups in total. The smallest absolute Gasteiger partial charge is 0.232 e. The summed E-state index contributed by atoms with van der Waals surface area (Å²) in [5, 5.41) is 15.7. The molecular formula is C26H35N5O2S. The molecule has 2 aromatic rings. The molecule has 1 aromatic carbocycles. The van der Waals surface area contributed by atoms with Gasteiger partial charge < -0.3 is 15.2 Å². The van der Waals surface area contributed by atoms with Crippen LogP contribution in [0.25, 0.3) is 0 Å². The van der Waals surface area contributed by atoms with Crippen LogP contribution in [0.5, 0.6) is 0 Å². The highest BCUT2D eigenvalue weighted by Gasteiger charge is 2.51. The first-order valence-electron chi connectivity index (χ1n) is 12.6. The molecule has 0 radical (unpaired) electrons. The molecule has 182 valence electrons. The van der Waals surface area contributed by atoms with Crippen LogP contribution in [-0.2, 0) is 22.6 Å². The molecule has 4 bridgehead atoms. The Balaban J connectivity index is 1.17. The topological polar surface area (TPSA) is 88.9 Å². The third-order valence-corrected chi connectivity index (χ3v) is 8.83. The Bertz CT molecular complexity index is 1060. The molecule has 4 saturated carbocycles. The molecule has 0 unspecified atom stereocenters. The zero-order valence-electron chi connectivity index (χ0n) is 20.4. The highest BCUT2D eigenvalue weighted by molar-refractivity contribution is 7.99. The van der Waals surface area contributed by atoms with Gasteiger partial charge in [-0.1, -0.05) is 29.5 Å². The number of nitrogens with zero attached hydrogens (tertiary/aromatic N) is 3. The molecule has 8 heteroatoms. The SMILES string of the molecule is CCn1c(CC(=O)Nc2ccc(C)cc2C)nnc1SCC(=O)NC12CC3CC(CC(C3)C1)C2. The molecule has 0 spiro atoms. The van der Waals surface area contributed by atoms with Crippen molar-refractivity contribution in [2.24, 2.45) is 17.8 Å². The van der Waals surface area contributed by atoms with Gasteiger partial charge in [-0.25, -0.2) is 0 Å². The van der Waals surface area contributed by atoms with Gasteiger partial charge in [0.1, 0.15) is 5.82 Å². The highest BCUT2D eigenvalue weighted by Crippen LogP contribution is 2.55. The largest absolute Gasteiger partial charge is 0.350 e. The van der Waals surface area contributed by atoms with E-state index in [0.717, 1.165) is 53.8 Å². The van der Waals surface area contributed by atoms with Gasteiger partial charge in [-0.15, -0.1) is 10.2 Å². The average molecular weight is 482 g/mol. The van der Waals surface area contributed by atoms with Gasteiger partial charge in [-0.2, -0.15) is 0 Å². The Labute approximate surface area is 205 Å². The molecule has 0 saturated heterocycles. The fraction of sp³-hybridized carbons (Fsp3) is 0.615. The lowest BCUT2D eigenvalue weighted by molar-refractivity contribution is -0.124. The van der Waals surface area contributed by atoms with E-state index in [1.807, 2.05) is 43.5 Å². The van der Waals surface area contributed by atoms with Crippen LogP contribution in [0.15, 0.2) is 23.4 Å². The molecule has 2 amide bonds. The second-order valence-electron chi connectivity index (χ2n) is 10.7. The standard InChI is InChI=1S/C26H35N5O2S/c1-4-31-22(11-23(32)27-21-6-5-16(2)7-17(21)3)29-30-25(31)34-15-24(33)28-26-12-18-8-19(13-26)10-20(9-18)14-26/h5-7,18-20H,4,8-15H2,1-3H3,(H,27,32)(H,28,33). The normalized spacial score (nSPS) is 27.1. The first kappa shape index (κ1) is 23.4. The van der Waals surface area contributed by atoms with E-state index in [1.54, 1.807) is 0 Å². The molecule has 7 nitrogen and oxygen atoms in total. The summed E-state index contributed by atoms with van der Waals surface area (Å²) in [7, 11) is 0. The summed E-state index contributed by atoms with van der Waals surface area (Å²) in [6.07, 6.45) is 7.70. The molecule has 1 aromatic heterocycles. The second kappa shape index (κ2) is 9.36. The van der Waals surface area contributed by atoms with Gasteiger partial charge in [0.25, 0.3) is 0 Å². The van der Waals surface area contributed by atoms with Gasteiger partial charge in [0.2, 0.25) is 11.8 Å². The molecule has 0 aliphatic heterocycles. The average Bonchev–Trinajstić information content (AvgIpc) is 3.14. The van der Waals surface area contributed by atoms with E-state index in [0.29, 0.717) is 23.3 Å². The number of hydrogen-bond donors (Lipinski definition) is 2. The molecule has 4 aliphatic rings. The van der Waals surface area contributed by atoms with Crippen LogP contribution in [0, 0.1) is 31.6 Å². The van der Waals surface area contributed by atoms with Crippen molar-refractivity contribution in [3.05, 3.63) is 35.2 Å². The maximum Gasteiger partial charge on any atom is 0.232 e. The summed E-state index contributed by atoms with van der Waals surface area (Å²) < 4.78 is 1.93. The highest BCUT2D eigenvalue weighted by atomic mass is 32.2. The number of aryl methyl sites for hydroxylation is 2. The molecule has 1 heterocycles. The first-order chi connectivity index (χ1) is 16.3. The number of aromatic nitrogens is 3. The number of anilines is 1. The minimum atomic E-state index is -0.120. The van der Waals surface area contributed by atoms with Crippen LogP contribution in [0.1, 0.15) is 62.4 Å². The predicted octanol–water partition coefficient (Wildman–Crippen LogP) is 4.27. The second-order valence-corrected chi connectivity index (χ2v) is 11.7. The predicted molar refractivity (Wildman–Crippen MR) is 134 cm³/mol. The quantitative estimate of drug-likeness (QED) is 0.550. The number of benzene rings is 1. The Morgan fingerprint density at radius 1 is 1.06 bits per heavy atom. The van der Waals surface area contributed by atoms with E-state index >= 15 is 0 Å². The van der Waals surface area contributed by atoms with Crippen molar-refractivity contribution in [2.45, 2.75) is 83.0 Å². The van der Waals surface area contributed by atoms with Crippen molar-refractivity contribution in [3.63, 3.8) is 0 Å². The monoisotopic (exact) mass is 481 g/mol. The summed E-state index contributed by atoms with van der Waals surface area (Å²) in [6, 6.07) is 5.96. The number of nitrogens with one attached hydrogen (secondary N) is 2. The molecule has 4 fully saturated rings. The van der Waals surface area contributed by atoms with E-state index in [2.05, 4.69) is 20.8 Å². The van der Waals surface area contributed by atoms with Crippen molar-refractivity contribution in [3.8, 4) is 0 Å². The van der Waals surface area contributed by atoms with Gasteiger partial charge in [-0.05, 0) is 88.7 Å². The van der Waals surface area contributed by atoms with Crippen LogP contribution in [0.4, 0.5) is 5.69 Å². The zero-order chi connectivity index (χ0) is 23.9. The van der Waals surface area contributed by atoms with E-state index in [9.17, 15) is 9.59 Å². The summed E-state index contributed by atoms with van der Waals surface area (Å²) in [5.41, 5.74) is 3.04. The molecule has 4 aliphatic carbocycles. The number of amides is 2. The third-order valence-electron chi connectivity index (χ3n) is 7.86. The van der Waals surface area contributed by atoms with Crippen molar-refractivity contribution >= 4 is 29.3 Å². The molecule has 6 rings (SSSR count).